The number of aryl methyl sites for hydroxylation is 1. The molecule has 0 amide bonds. The van der Waals surface area contributed by atoms with E-state index in [4.69, 9.17) is 4.74 Å². The Kier molecular flexibility index (Phi) is 6.21. The number of anilines is 1. The van der Waals surface area contributed by atoms with Gasteiger partial charge in [0.1, 0.15) is 18.3 Å². The van der Waals surface area contributed by atoms with Crippen molar-refractivity contribution < 1.29 is 23.4 Å². The number of hydrogen-bond acceptors (Lipinski definition) is 8. The lowest BCUT2D eigenvalue weighted by molar-refractivity contribution is -0.139. The van der Waals surface area contributed by atoms with Gasteiger partial charge in [-0.3, -0.25) is 4.79 Å². The lowest BCUT2D eigenvalue weighted by Crippen LogP contribution is -2.54. The number of ether oxygens (including phenoxy) is 1. The van der Waals surface area contributed by atoms with Gasteiger partial charge in [-0.2, -0.15) is 0 Å². The fraction of sp³-hybridized carbons (Fsp3) is 0.350. The highest BCUT2D eigenvalue weighted by Gasteiger charge is 2.25. The van der Waals surface area contributed by atoms with Crippen molar-refractivity contribution in [1.29, 1.82) is 0 Å². The van der Waals surface area contributed by atoms with Crippen LogP contribution in [0.2, 0.25) is 0 Å². The van der Waals surface area contributed by atoms with Crippen LogP contribution >= 0.6 is 0 Å². The fourth-order valence-corrected chi connectivity index (χ4v) is 3.34. The molecule has 4 rings (SSSR count). The van der Waals surface area contributed by atoms with Crippen molar-refractivity contribution in [1.82, 2.24) is 30.5 Å². The van der Waals surface area contributed by atoms with E-state index in [0.29, 0.717) is 42.5 Å². The van der Waals surface area contributed by atoms with Crippen LogP contribution in [0, 0.1) is 6.92 Å². The average Bonchev–Trinajstić information content (AvgIpc) is 3.18. The molecular weight excluding hydrogens is 424 g/mol. The summed E-state index contributed by atoms with van der Waals surface area (Å²) in [6, 6.07) is 8.50. The summed E-state index contributed by atoms with van der Waals surface area (Å²) in [5.74, 6) is -0.0713. The van der Waals surface area contributed by atoms with E-state index >= 15 is 0 Å². The lowest BCUT2D eigenvalue weighted by atomic mass is 10.2. The van der Waals surface area contributed by atoms with E-state index in [-0.39, 0.29) is 18.1 Å². The highest BCUT2D eigenvalue weighted by Crippen LogP contribution is 2.22. The molecule has 168 valence electrons. The van der Waals surface area contributed by atoms with E-state index in [1.54, 1.807) is 31.2 Å². The molecule has 2 N–H and O–H groups in total. The van der Waals surface area contributed by atoms with Crippen molar-refractivity contribution in [2.45, 2.75) is 26.0 Å². The summed E-state index contributed by atoms with van der Waals surface area (Å²) in [4.78, 5) is 13.0. The van der Waals surface area contributed by atoms with E-state index < -0.39 is 18.4 Å². The van der Waals surface area contributed by atoms with Crippen LogP contribution in [0.4, 0.5) is 14.6 Å². The predicted molar refractivity (Wildman–Crippen MR) is 109 cm³/mol. The number of halogens is 2. The lowest BCUT2D eigenvalue weighted by Gasteiger charge is -2.32. The van der Waals surface area contributed by atoms with Gasteiger partial charge in [-0.25, -0.2) is 13.5 Å². The van der Waals surface area contributed by atoms with Gasteiger partial charge in [0.15, 0.2) is 5.82 Å². The zero-order valence-electron chi connectivity index (χ0n) is 17.2. The summed E-state index contributed by atoms with van der Waals surface area (Å²) in [6.07, 6.45) is -2.54. The molecule has 1 aromatic carbocycles. The van der Waals surface area contributed by atoms with E-state index in [1.807, 2.05) is 4.90 Å². The Labute approximate surface area is 181 Å². The number of nitrogens with one attached hydrogen (secondary N) is 1. The average molecular weight is 445 g/mol. The SMILES string of the molecule is Cc1nnn(-c2ccc(C(F)F)cc2)c1COc1ccc(N2CCN[C@@H](C(=O)O)C2)nn1. The van der Waals surface area contributed by atoms with Crippen LogP contribution in [0.15, 0.2) is 36.4 Å². The first-order valence-electron chi connectivity index (χ1n) is 9.89. The van der Waals surface area contributed by atoms with Crippen LogP contribution in [0.5, 0.6) is 5.88 Å². The normalized spacial score (nSPS) is 16.4. The molecule has 32 heavy (non-hydrogen) atoms. The minimum atomic E-state index is -2.54. The van der Waals surface area contributed by atoms with Crippen LogP contribution in [0.25, 0.3) is 5.69 Å². The Morgan fingerprint density at radius 2 is 2.00 bits per heavy atom. The van der Waals surface area contributed by atoms with Gasteiger partial charge in [0.25, 0.3) is 6.43 Å². The third kappa shape index (κ3) is 4.64. The second kappa shape index (κ2) is 9.22. The number of aromatic nitrogens is 5. The highest BCUT2D eigenvalue weighted by molar-refractivity contribution is 5.74. The number of piperazine rings is 1. The Bertz CT molecular complexity index is 1070. The molecule has 0 bridgehead atoms. The van der Waals surface area contributed by atoms with E-state index in [2.05, 4.69) is 25.8 Å². The third-order valence-electron chi connectivity index (χ3n) is 5.13. The number of hydrogen-bond donors (Lipinski definition) is 2. The summed E-state index contributed by atoms with van der Waals surface area (Å²) in [5, 5.41) is 28.5. The number of carbonyl (C=O) groups is 1. The molecule has 1 saturated heterocycles. The smallest absolute Gasteiger partial charge is 0.322 e. The summed E-state index contributed by atoms with van der Waals surface area (Å²) < 4.78 is 32.9. The van der Waals surface area contributed by atoms with Crippen molar-refractivity contribution in [3.05, 3.63) is 53.3 Å². The number of carboxylic acid groups (broad SMARTS) is 1. The summed E-state index contributed by atoms with van der Waals surface area (Å²) in [5.41, 5.74) is 1.79. The molecule has 0 saturated carbocycles. The maximum absolute atomic E-state index is 12.8. The van der Waals surface area contributed by atoms with Crippen LogP contribution in [0.1, 0.15) is 23.4 Å². The molecule has 0 spiro atoms. The first-order chi connectivity index (χ1) is 15.4. The molecule has 10 nitrogen and oxygen atoms in total. The van der Waals surface area contributed by atoms with Gasteiger partial charge in [-0.1, -0.05) is 17.3 Å². The molecule has 1 fully saturated rings. The van der Waals surface area contributed by atoms with Gasteiger partial charge in [-0.15, -0.1) is 15.3 Å². The van der Waals surface area contributed by atoms with Crippen LogP contribution in [0.3, 0.4) is 0 Å². The van der Waals surface area contributed by atoms with Gasteiger partial charge in [0.2, 0.25) is 5.88 Å². The molecule has 1 atom stereocenters. The minimum Gasteiger partial charge on any atom is -0.480 e. The Morgan fingerprint density at radius 1 is 1.22 bits per heavy atom. The molecule has 1 aliphatic heterocycles. The Balaban J connectivity index is 1.43. The molecule has 12 heteroatoms. The molecule has 2 aromatic heterocycles. The molecule has 0 radical (unpaired) electrons. The zero-order valence-corrected chi connectivity index (χ0v) is 17.2. The highest BCUT2D eigenvalue weighted by atomic mass is 19.3. The van der Waals surface area contributed by atoms with Gasteiger partial charge < -0.3 is 20.1 Å². The summed E-state index contributed by atoms with van der Waals surface area (Å²) >= 11 is 0. The Morgan fingerprint density at radius 3 is 2.66 bits per heavy atom. The quantitative estimate of drug-likeness (QED) is 0.561. The molecule has 0 aliphatic carbocycles. The molecule has 1 aliphatic rings. The minimum absolute atomic E-state index is 0.0714. The fourth-order valence-electron chi connectivity index (χ4n) is 3.34. The van der Waals surface area contributed by atoms with Gasteiger partial charge in [-0.05, 0) is 25.1 Å². The largest absolute Gasteiger partial charge is 0.480 e. The number of carboxylic acids is 1. The van der Waals surface area contributed by atoms with E-state index in [0.717, 1.165) is 0 Å². The number of rotatable bonds is 7. The maximum atomic E-state index is 12.8. The second-order valence-electron chi connectivity index (χ2n) is 7.23. The van der Waals surface area contributed by atoms with Crippen molar-refractivity contribution in [2.24, 2.45) is 0 Å². The van der Waals surface area contributed by atoms with Crippen LogP contribution in [-0.4, -0.2) is 61.9 Å². The second-order valence-corrected chi connectivity index (χ2v) is 7.23. The predicted octanol–water partition coefficient (Wildman–Crippen LogP) is 1.75. The van der Waals surface area contributed by atoms with Gasteiger partial charge in [0.05, 0.1) is 11.4 Å². The van der Waals surface area contributed by atoms with E-state index in [1.165, 1.54) is 16.8 Å². The third-order valence-corrected chi connectivity index (χ3v) is 5.13. The van der Waals surface area contributed by atoms with Crippen LogP contribution < -0.4 is 15.0 Å². The number of alkyl halides is 2. The van der Waals surface area contributed by atoms with Crippen molar-refractivity contribution in [3.63, 3.8) is 0 Å². The first-order valence-corrected chi connectivity index (χ1v) is 9.89. The van der Waals surface area contributed by atoms with Crippen LogP contribution in [-0.2, 0) is 11.4 Å². The van der Waals surface area contributed by atoms with Gasteiger partial charge in [0, 0.05) is 31.3 Å². The topological polar surface area (TPSA) is 118 Å². The number of nitrogens with zero attached hydrogens (tertiary/aromatic N) is 6. The summed E-state index contributed by atoms with van der Waals surface area (Å²) in [6.45, 7) is 3.31. The van der Waals surface area contributed by atoms with Crippen molar-refractivity contribution in [3.8, 4) is 11.6 Å². The van der Waals surface area contributed by atoms with E-state index in [9.17, 15) is 18.7 Å². The van der Waals surface area contributed by atoms with Crippen molar-refractivity contribution in [2.75, 3.05) is 24.5 Å². The molecule has 3 aromatic rings. The Hall–Kier alpha value is -3.67. The summed E-state index contributed by atoms with van der Waals surface area (Å²) in [7, 11) is 0. The molecule has 0 unspecified atom stereocenters. The number of benzene rings is 1. The monoisotopic (exact) mass is 445 g/mol. The molecule has 3 heterocycles. The van der Waals surface area contributed by atoms with Gasteiger partial charge >= 0.3 is 5.97 Å². The number of aliphatic carboxylic acids is 1. The maximum Gasteiger partial charge on any atom is 0.322 e. The first kappa shape index (κ1) is 21.6. The molecular formula is C20H21F2N7O3. The zero-order chi connectivity index (χ0) is 22.7. The van der Waals surface area contributed by atoms with Crippen molar-refractivity contribution >= 4 is 11.8 Å². The standard InChI is InChI=1S/C20H21F2N7O3/c1-12-16(29(27-24-12)14-4-2-13(3-5-14)19(21)22)11-32-18-7-6-17(25-26-18)28-9-8-23-15(10-28)20(30)31/h2-7,15,19,23H,8-11H2,1H3,(H,30,31)/t15-/m1/s1.